The fourth-order valence-electron chi connectivity index (χ4n) is 1.63. The Labute approximate surface area is 112 Å². The van der Waals surface area contributed by atoms with Crippen molar-refractivity contribution in [3.8, 4) is 22.9 Å². The van der Waals surface area contributed by atoms with Crippen molar-refractivity contribution in [2.45, 2.75) is 0 Å². The zero-order valence-electron chi connectivity index (χ0n) is 10.0. The van der Waals surface area contributed by atoms with E-state index in [2.05, 4.69) is 9.68 Å². The highest BCUT2D eigenvalue weighted by atomic mass is 35.5. The second kappa shape index (κ2) is 5.15. The lowest BCUT2D eigenvalue weighted by molar-refractivity contribution is 0.259. The first-order valence-electron chi connectivity index (χ1n) is 5.10. The van der Waals surface area contributed by atoms with Crippen LogP contribution in [0.4, 0.5) is 4.79 Å². The van der Waals surface area contributed by atoms with E-state index in [4.69, 9.17) is 21.1 Å². The molecule has 0 bridgehead atoms. The fourth-order valence-corrected chi connectivity index (χ4v) is 1.78. The Bertz CT molecular complexity index is 654. The molecule has 8 heteroatoms. The molecular weight excluding hydrogens is 276 g/mol. The van der Waals surface area contributed by atoms with Crippen LogP contribution in [0.2, 0.25) is 0 Å². The third-order valence-corrected chi connectivity index (χ3v) is 2.60. The van der Waals surface area contributed by atoms with Gasteiger partial charge in [-0.2, -0.15) is 4.57 Å². The van der Waals surface area contributed by atoms with Crippen LogP contribution in [0.15, 0.2) is 27.5 Å². The van der Waals surface area contributed by atoms with Crippen LogP contribution >= 0.6 is 11.6 Å². The Hall–Kier alpha value is -2.28. The van der Waals surface area contributed by atoms with E-state index in [-0.39, 0.29) is 5.82 Å². The van der Waals surface area contributed by atoms with Crippen LogP contribution in [0.5, 0.6) is 11.5 Å². The quantitative estimate of drug-likeness (QED) is 0.798. The highest BCUT2D eigenvalue weighted by Gasteiger charge is 2.23. The minimum atomic E-state index is -1.03. The van der Waals surface area contributed by atoms with Gasteiger partial charge < -0.3 is 9.47 Å². The first-order chi connectivity index (χ1) is 9.10. The summed E-state index contributed by atoms with van der Waals surface area (Å²) in [7, 11) is 2.87. The van der Waals surface area contributed by atoms with Gasteiger partial charge >= 0.3 is 11.1 Å². The molecule has 0 amide bonds. The lowest BCUT2D eigenvalue weighted by Crippen LogP contribution is -2.19. The lowest BCUT2D eigenvalue weighted by atomic mass is 10.1. The molecule has 0 aliphatic rings. The molecule has 1 aromatic heterocycles. The number of aromatic nitrogens is 2. The summed E-state index contributed by atoms with van der Waals surface area (Å²) in [6.07, 6.45) is 0. The van der Waals surface area contributed by atoms with E-state index >= 15 is 0 Å². The van der Waals surface area contributed by atoms with Gasteiger partial charge in [0.1, 0.15) is 17.1 Å². The van der Waals surface area contributed by atoms with Crippen molar-refractivity contribution in [1.82, 2.24) is 9.72 Å². The predicted octanol–water partition coefficient (Wildman–Crippen LogP) is 1.73. The molecule has 0 saturated carbocycles. The molecule has 19 heavy (non-hydrogen) atoms. The van der Waals surface area contributed by atoms with Crippen molar-refractivity contribution in [2.24, 2.45) is 0 Å². The lowest BCUT2D eigenvalue weighted by Gasteiger charge is -2.11. The van der Waals surface area contributed by atoms with Gasteiger partial charge in [0, 0.05) is 0 Å². The number of methoxy groups -OCH3 is 2. The summed E-state index contributed by atoms with van der Waals surface area (Å²) < 4.78 is 15.3. The number of halogens is 1. The summed E-state index contributed by atoms with van der Waals surface area (Å²) in [4.78, 5) is 22.7. The van der Waals surface area contributed by atoms with E-state index < -0.39 is 11.1 Å². The molecule has 0 spiro atoms. The Kier molecular flexibility index (Phi) is 3.57. The molecule has 7 nitrogen and oxygen atoms in total. The standard InChI is InChI=1S/C11H9ClN2O5/c1-17-6-4-3-5-7(18-2)8(6)9-13-19-11(16)14(9)10(12)15/h3-5H,1-2H3. The monoisotopic (exact) mass is 284 g/mol. The molecule has 0 atom stereocenters. The van der Waals surface area contributed by atoms with Crippen LogP contribution in [0.25, 0.3) is 11.4 Å². The Morgan fingerprint density at radius 1 is 1.32 bits per heavy atom. The number of hydrogen-bond donors (Lipinski definition) is 0. The minimum Gasteiger partial charge on any atom is -0.496 e. The van der Waals surface area contributed by atoms with Gasteiger partial charge in [-0.1, -0.05) is 11.2 Å². The molecule has 100 valence electrons. The third kappa shape index (κ3) is 2.19. The van der Waals surface area contributed by atoms with Crippen molar-refractivity contribution in [3.63, 3.8) is 0 Å². The maximum Gasteiger partial charge on any atom is 0.449 e. The van der Waals surface area contributed by atoms with Crippen molar-refractivity contribution in [3.05, 3.63) is 28.7 Å². The highest BCUT2D eigenvalue weighted by Crippen LogP contribution is 2.36. The maximum absolute atomic E-state index is 11.4. The number of ether oxygens (including phenoxy) is 2. The van der Waals surface area contributed by atoms with Crippen LogP contribution in [-0.2, 0) is 0 Å². The van der Waals surface area contributed by atoms with Crippen molar-refractivity contribution < 1.29 is 18.8 Å². The molecule has 0 N–H and O–H groups in total. The molecule has 2 rings (SSSR count). The second-order valence-electron chi connectivity index (χ2n) is 3.40. The van der Waals surface area contributed by atoms with Crippen LogP contribution in [0.1, 0.15) is 0 Å². The number of benzene rings is 1. The van der Waals surface area contributed by atoms with Gasteiger partial charge in [0.25, 0.3) is 0 Å². The van der Waals surface area contributed by atoms with Gasteiger partial charge in [0.2, 0.25) is 5.82 Å². The topological polar surface area (TPSA) is 83.6 Å². The highest BCUT2D eigenvalue weighted by molar-refractivity contribution is 6.63. The van der Waals surface area contributed by atoms with Gasteiger partial charge in [0.05, 0.1) is 14.2 Å². The van der Waals surface area contributed by atoms with E-state index in [9.17, 15) is 9.59 Å². The Morgan fingerprint density at radius 3 is 2.37 bits per heavy atom. The first-order valence-corrected chi connectivity index (χ1v) is 5.48. The zero-order valence-corrected chi connectivity index (χ0v) is 10.8. The molecule has 0 radical (unpaired) electrons. The number of nitrogens with zero attached hydrogens (tertiary/aromatic N) is 2. The van der Waals surface area contributed by atoms with E-state index in [1.807, 2.05) is 0 Å². The van der Waals surface area contributed by atoms with Gasteiger partial charge in [-0.15, -0.1) is 0 Å². The van der Waals surface area contributed by atoms with Gasteiger partial charge in [-0.25, -0.2) is 4.79 Å². The van der Waals surface area contributed by atoms with Crippen molar-refractivity contribution in [2.75, 3.05) is 14.2 Å². The largest absolute Gasteiger partial charge is 0.496 e. The van der Waals surface area contributed by atoms with Gasteiger partial charge in [-0.3, -0.25) is 9.32 Å². The third-order valence-electron chi connectivity index (χ3n) is 2.43. The smallest absolute Gasteiger partial charge is 0.449 e. The normalized spacial score (nSPS) is 10.3. The average molecular weight is 285 g/mol. The molecule has 0 unspecified atom stereocenters. The van der Waals surface area contributed by atoms with E-state index in [1.165, 1.54) is 14.2 Å². The molecule has 1 aromatic carbocycles. The molecule has 0 saturated heterocycles. The molecule has 2 aromatic rings. The van der Waals surface area contributed by atoms with Crippen molar-refractivity contribution >= 4 is 17.0 Å². The predicted molar refractivity (Wildman–Crippen MR) is 66.0 cm³/mol. The second-order valence-corrected chi connectivity index (χ2v) is 3.72. The summed E-state index contributed by atoms with van der Waals surface area (Å²) in [6.45, 7) is 0. The molecular formula is C11H9ClN2O5. The summed E-state index contributed by atoms with van der Waals surface area (Å²) >= 11 is 5.34. The summed E-state index contributed by atoms with van der Waals surface area (Å²) in [5.74, 6) is -0.346. The number of hydrogen-bond acceptors (Lipinski definition) is 6. The van der Waals surface area contributed by atoms with E-state index in [0.717, 1.165) is 0 Å². The molecule has 0 fully saturated rings. The molecule has 0 aliphatic heterocycles. The van der Waals surface area contributed by atoms with Crippen LogP contribution in [0, 0.1) is 0 Å². The van der Waals surface area contributed by atoms with E-state index in [0.29, 0.717) is 21.6 Å². The SMILES string of the molecule is COc1cccc(OC)c1-c1noc(=O)n1C(=O)Cl. The Morgan fingerprint density at radius 2 is 1.89 bits per heavy atom. The van der Waals surface area contributed by atoms with Crippen molar-refractivity contribution in [1.29, 1.82) is 0 Å². The summed E-state index contributed by atoms with van der Waals surface area (Å²) in [6, 6.07) is 4.94. The number of carbonyl (C=O) groups excluding carboxylic acids is 1. The summed E-state index contributed by atoms with van der Waals surface area (Å²) in [5, 5.41) is 2.50. The average Bonchev–Trinajstić information content (AvgIpc) is 2.79. The summed E-state index contributed by atoms with van der Waals surface area (Å²) in [5.41, 5.74) is 0.298. The van der Waals surface area contributed by atoms with Crippen LogP contribution < -0.4 is 15.2 Å². The minimum absolute atomic E-state index is 0.0840. The van der Waals surface area contributed by atoms with Crippen LogP contribution in [-0.4, -0.2) is 29.3 Å². The van der Waals surface area contributed by atoms with Gasteiger partial charge in [0.15, 0.2) is 0 Å². The fraction of sp³-hybridized carbons (Fsp3) is 0.182. The molecule has 1 heterocycles. The number of carbonyl (C=O) groups is 1. The van der Waals surface area contributed by atoms with Gasteiger partial charge in [-0.05, 0) is 23.7 Å². The Balaban J connectivity index is 2.78. The zero-order chi connectivity index (χ0) is 14.0. The van der Waals surface area contributed by atoms with Crippen LogP contribution in [0.3, 0.4) is 0 Å². The molecule has 0 aliphatic carbocycles. The number of rotatable bonds is 3. The first kappa shape index (κ1) is 13.2. The van der Waals surface area contributed by atoms with E-state index in [1.54, 1.807) is 18.2 Å². The maximum atomic E-state index is 11.4.